The van der Waals surface area contributed by atoms with Crippen LogP contribution in [0.4, 0.5) is 11.4 Å². The highest BCUT2D eigenvalue weighted by atomic mass is 15.4. The Hall–Kier alpha value is -3.02. The Morgan fingerprint density at radius 1 is 0.581 bits per heavy atom. The minimum atomic E-state index is 1.05. The van der Waals surface area contributed by atoms with Crippen molar-refractivity contribution < 1.29 is 0 Å². The minimum absolute atomic E-state index is 1.05. The summed E-state index contributed by atoms with van der Waals surface area (Å²) < 4.78 is 0. The van der Waals surface area contributed by atoms with Crippen molar-refractivity contribution >= 4 is 23.0 Å². The summed E-state index contributed by atoms with van der Waals surface area (Å²) in [6.07, 6.45) is 8.53. The van der Waals surface area contributed by atoms with Gasteiger partial charge in [-0.15, -0.1) is 0 Å². The van der Waals surface area contributed by atoms with E-state index in [1.165, 1.54) is 37.9 Å². The molecular formula is C25H36N6. The van der Waals surface area contributed by atoms with Gasteiger partial charge in [-0.25, -0.2) is 0 Å². The Morgan fingerprint density at radius 3 is 1.48 bits per heavy atom. The van der Waals surface area contributed by atoms with E-state index in [2.05, 4.69) is 44.9 Å². The van der Waals surface area contributed by atoms with E-state index in [0.29, 0.717) is 0 Å². The van der Waals surface area contributed by atoms with E-state index < -0.39 is 0 Å². The van der Waals surface area contributed by atoms with Crippen LogP contribution in [-0.2, 0) is 0 Å². The molecule has 0 aliphatic carbocycles. The number of likely N-dealkylation sites (tertiary alicyclic amines) is 2. The standard InChI is InChI=1S/C13H19N3.C12H17N3/c1-16-11-7-3-6-10-13(16)15-14-12-8-4-2-5-9-12;1-15-10-6-5-9-12(15)14-13-11-7-3-2-4-8-11/h2,4-5,8-9,14H,3,6-7,10-11H2,1H3;2-4,7-8,13H,5-6,9-10H2,1H3/b15-13-;14-12-. The van der Waals surface area contributed by atoms with Crippen LogP contribution in [-0.4, -0.2) is 48.7 Å². The lowest BCUT2D eigenvalue weighted by molar-refractivity contribution is 0.433. The number of hydrogen-bond acceptors (Lipinski definition) is 4. The fraction of sp³-hybridized carbons (Fsp3) is 0.440. The Kier molecular flexibility index (Phi) is 9.23. The van der Waals surface area contributed by atoms with E-state index in [1.807, 2.05) is 60.7 Å². The van der Waals surface area contributed by atoms with Gasteiger partial charge in [0.05, 0.1) is 11.4 Å². The highest BCUT2D eigenvalue weighted by molar-refractivity contribution is 5.83. The van der Waals surface area contributed by atoms with Crippen molar-refractivity contribution in [1.29, 1.82) is 0 Å². The predicted molar refractivity (Wildman–Crippen MR) is 133 cm³/mol. The second-order valence-electron chi connectivity index (χ2n) is 8.12. The molecule has 0 amide bonds. The Balaban J connectivity index is 0.000000176. The zero-order chi connectivity index (χ0) is 21.7. The second-order valence-corrected chi connectivity index (χ2v) is 8.12. The summed E-state index contributed by atoms with van der Waals surface area (Å²) in [6.45, 7) is 2.24. The van der Waals surface area contributed by atoms with Crippen molar-refractivity contribution in [2.24, 2.45) is 10.2 Å². The molecule has 2 fully saturated rings. The average Bonchev–Trinajstić information content (AvgIpc) is 3.03. The first-order valence-electron chi connectivity index (χ1n) is 11.4. The summed E-state index contributed by atoms with van der Waals surface area (Å²) in [4.78, 5) is 4.47. The van der Waals surface area contributed by atoms with Gasteiger partial charge in [-0.3, -0.25) is 10.9 Å². The molecule has 0 bridgehead atoms. The molecule has 2 heterocycles. The van der Waals surface area contributed by atoms with Gasteiger partial charge in [0.1, 0.15) is 11.7 Å². The molecule has 0 saturated carbocycles. The number of hydrogen-bond donors (Lipinski definition) is 2. The predicted octanol–water partition coefficient (Wildman–Crippen LogP) is 5.45. The van der Waals surface area contributed by atoms with Crippen LogP contribution in [0.15, 0.2) is 70.9 Å². The number of nitrogens with one attached hydrogen (secondary N) is 2. The molecule has 166 valence electrons. The van der Waals surface area contributed by atoms with Crippen molar-refractivity contribution in [3.05, 3.63) is 60.7 Å². The fourth-order valence-electron chi connectivity index (χ4n) is 3.65. The first-order valence-corrected chi connectivity index (χ1v) is 11.4. The smallest absolute Gasteiger partial charge is 0.124 e. The second kappa shape index (κ2) is 12.6. The summed E-state index contributed by atoms with van der Waals surface area (Å²) in [7, 11) is 4.22. The number of para-hydroxylation sites is 2. The quantitative estimate of drug-likeness (QED) is 0.646. The molecule has 31 heavy (non-hydrogen) atoms. The van der Waals surface area contributed by atoms with Crippen molar-refractivity contribution in [2.75, 3.05) is 38.0 Å². The van der Waals surface area contributed by atoms with E-state index in [0.717, 1.165) is 43.1 Å². The molecular weight excluding hydrogens is 384 g/mol. The number of amidine groups is 2. The maximum Gasteiger partial charge on any atom is 0.124 e. The Labute approximate surface area is 187 Å². The van der Waals surface area contributed by atoms with Crippen LogP contribution in [0.2, 0.25) is 0 Å². The van der Waals surface area contributed by atoms with Gasteiger partial charge < -0.3 is 9.80 Å². The van der Waals surface area contributed by atoms with Gasteiger partial charge >= 0.3 is 0 Å². The highest BCUT2D eigenvalue weighted by Crippen LogP contribution is 2.13. The van der Waals surface area contributed by atoms with Gasteiger partial charge in [-0.1, -0.05) is 42.8 Å². The Bertz CT molecular complexity index is 818. The zero-order valence-electron chi connectivity index (χ0n) is 18.9. The van der Waals surface area contributed by atoms with Gasteiger partial charge in [0.25, 0.3) is 0 Å². The van der Waals surface area contributed by atoms with E-state index in [-0.39, 0.29) is 0 Å². The van der Waals surface area contributed by atoms with Crippen LogP contribution in [0, 0.1) is 0 Å². The topological polar surface area (TPSA) is 55.3 Å². The van der Waals surface area contributed by atoms with Gasteiger partial charge in [-0.2, -0.15) is 10.2 Å². The third kappa shape index (κ3) is 7.96. The van der Waals surface area contributed by atoms with Crippen molar-refractivity contribution in [3.8, 4) is 0 Å². The van der Waals surface area contributed by atoms with Gasteiger partial charge in [0, 0.05) is 40.0 Å². The third-order valence-electron chi connectivity index (χ3n) is 5.59. The maximum atomic E-state index is 4.49. The molecule has 0 aromatic heterocycles. The summed E-state index contributed by atoms with van der Waals surface area (Å²) in [6, 6.07) is 20.2. The number of anilines is 2. The lowest BCUT2D eigenvalue weighted by Gasteiger charge is -2.25. The molecule has 2 aliphatic rings. The number of hydrazone groups is 2. The van der Waals surface area contributed by atoms with Crippen molar-refractivity contribution in [1.82, 2.24) is 9.80 Å². The summed E-state index contributed by atoms with van der Waals surface area (Å²) in [5, 5.41) is 8.91. The van der Waals surface area contributed by atoms with Crippen LogP contribution in [0.3, 0.4) is 0 Å². The van der Waals surface area contributed by atoms with Crippen LogP contribution in [0.25, 0.3) is 0 Å². The molecule has 2 N–H and O–H groups in total. The number of piperidine rings is 1. The average molecular weight is 421 g/mol. The Morgan fingerprint density at radius 2 is 1.00 bits per heavy atom. The molecule has 4 rings (SSSR count). The lowest BCUT2D eigenvalue weighted by atomic mass is 10.1. The van der Waals surface area contributed by atoms with E-state index in [4.69, 9.17) is 0 Å². The summed E-state index contributed by atoms with van der Waals surface area (Å²) >= 11 is 0. The molecule has 0 radical (unpaired) electrons. The molecule has 2 saturated heterocycles. The molecule has 2 aromatic rings. The van der Waals surface area contributed by atoms with Crippen molar-refractivity contribution in [3.63, 3.8) is 0 Å². The van der Waals surface area contributed by atoms with Gasteiger partial charge in [0.15, 0.2) is 0 Å². The SMILES string of the molecule is CN1CCCC/C1=N/Nc1ccccc1.CN1CCCCC/C1=N/Nc1ccccc1. The number of nitrogens with zero attached hydrogens (tertiary/aromatic N) is 4. The molecule has 2 aromatic carbocycles. The number of rotatable bonds is 4. The largest absolute Gasteiger partial charge is 0.362 e. The van der Waals surface area contributed by atoms with E-state index in [1.54, 1.807) is 0 Å². The maximum absolute atomic E-state index is 4.49. The third-order valence-corrected chi connectivity index (χ3v) is 5.59. The van der Waals surface area contributed by atoms with E-state index in [9.17, 15) is 0 Å². The first-order chi connectivity index (χ1) is 15.2. The number of benzene rings is 2. The lowest BCUT2D eigenvalue weighted by Crippen LogP contribution is -2.32. The molecule has 2 aliphatic heterocycles. The summed E-state index contributed by atoms with van der Waals surface area (Å²) in [5.41, 5.74) is 8.30. The fourth-order valence-corrected chi connectivity index (χ4v) is 3.65. The molecule has 0 spiro atoms. The monoisotopic (exact) mass is 420 g/mol. The van der Waals surface area contributed by atoms with Gasteiger partial charge in [0.2, 0.25) is 0 Å². The zero-order valence-corrected chi connectivity index (χ0v) is 18.9. The minimum Gasteiger partial charge on any atom is -0.362 e. The van der Waals surface area contributed by atoms with Crippen LogP contribution >= 0.6 is 0 Å². The molecule has 0 unspecified atom stereocenters. The van der Waals surface area contributed by atoms with Crippen LogP contribution in [0.1, 0.15) is 44.9 Å². The molecule has 6 heteroatoms. The van der Waals surface area contributed by atoms with Crippen LogP contribution < -0.4 is 10.9 Å². The van der Waals surface area contributed by atoms with Gasteiger partial charge in [-0.05, 0) is 49.9 Å². The molecule has 0 atom stereocenters. The highest BCUT2D eigenvalue weighted by Gasteiger charge is 2.12. The molecule has 6 nitrogen and oxygen atoms in total. The first kappa shape index (κ1) is 22.7. The van der Waals surface area contributed by atoms with Crippen LogP contribution in [0.5, 0.6) is 0 Å². The normalized spacial score (nSPS) is 19.4. The van der Waals surface area contributed by atoms with Crippen molar-refractivity contribution in [2.45, 2.75) is 44.9 Å². The summed E-state index contributed by atoms with van der Waals surface area (Å²) in [5.74, 6) is 2.33. The van der Waals surface area contributed by atoms with E-state index >= 15 is 0 Å².